The largest absolute Gasteiger partial charge is 0.293 e. The van der Waals surface area contributed by atoms with E-state index in [0.29, 0.717) is 14.7 Å². The van der Waals surface area contributed by atoms with Crippen molar-refractivity contribution in [3.8, 4) is 0 Å². The first-order chi connectivity index (χ1) is 6.97. The van der Waals surface area contributed by atoms with Gasteiger partial charge < -0.3 is 0 Å². The van der Waals surface area contributed by atoms with Crippen molar-refractivity contribution in [1.29, 1.82) is 0 Å². The summed E-state index contributed by atoms with van der Waals surface area (Å²) in [6.45, 7) is 1.60. The molecule has 0 unspecified atom stereocenters. The Hall–Kier alpha value is -0.690. The molecule has 0 amide bonds. The Morgan fingerprint density at radius 3 is 2.60 bits per heavy atom. The van der Waals surface area contributed by atoms with E-state index in [1.165, 1.54) is 12.1 Å². The number of nitrogens with zero attached hydrogens (tertiary/aromatic N) is 1. The standard InChI is InChI=1S/C9H7ClINO3/c1-5-2-6(8(13)4-10)3-7(11)9(5)12(14)15/h2-3H,4H2,1H3. The molecule has 1 rings (SSSR count). The van der Waals surface area contributed by atoms with Gasteiger partial charge in [-0.15, -0.1) is 11.6 Å². The van der Waals surface area contributed by atoms with Crippen LogP contribution in [0.1, 0.15) is 15.9 Å². The van der Waals surface area contributed by atoms with Crippen LogP contribution in [0.4, 0.5) is 5.69 Å². The molecule has 0 saturated carbocycles. The van der Waals surface area contributed by atoms with Crippen LogP contribution < -0.4 is 0 Å². The number of rotatable bonds is 3. The minimum absolute atomic E-state index is 0.0433. The minimum Gasteiger partial charge on any atom is -0.293 e. The topological polar surface area (TPSA) is 60.2 Å². The quantitative estimate of drug-likeness (QED) is 0.280. The van der Waals surface area contributed by atoms with E-state index < -0.39 is 4.92 Å². The average Bonchev–Trinajstić information content (AvgIpc) is 2.14. The molecule has 1 aromatic carbocycles. The number of hydrogen-bond donors (Lipinski definition) is 0. The number of benzene rings is 1. The van der Waals surface area contributed by atoms with Gasteiger partial charge in [0.25, 0.3) is 5.69 Å². The summed E-state index contributed by atoms with van der Waals surface area (Å²) in [6, 6.07) is 2.97. The minimum atomic E-state index is -0.452. The molecule has 0 aliphatic heterocycles. The molecular weight excluding hydrogens is 332 g/mol. The van der Waals surface area contributed by atoms with E-state index in [2.05, 4.69) is 0 Å². The summed E-state index contributed by atoms with van der Waals surface area (Å²) < 4.78 is 0.450. The molecule has 0 aliphatic carbocycles. The summed E-state index contributed by atoms with van der Waals surface area (Å²) in [5.74, 6) is -0.347. The van der Waals surface area contributed by atoms with Gasteiger partial charge in [-0.2, -0.15) is 0 Å². The Kier molecular flexibility index (Phi) is 4.04. The van der Waals surface area contributed by atoms with Crippen LogP contribution in [0.25, 0.3) is 0 Å². The molecule has 0 aromatic heterocycles. The fourth-order valence-electron chi connectivity index (χ4n) is 1.21. The molecule has 4 nitrogen and oxygen atoms in total. The fourth-order valence-corrected chi connectivity index (χ4v) is 2.32. The summed E-state index contributed by atoms with van der Waals surface area (Å²) in [5, 5.41) is 10.7. The summed E-state index contributed by atoms with van der Waals surface area (Å²) in [6.07, 6.45) is 0. The van der Waals surface area contributed by atoms with Crippen molar-refractivity contribution in [1.82, 2.24) is 0 Å². The second-order valence-corrected chi connectivity index (χ2v) is 4.37. The number of ketones is 1. The van der Waals surface area contributed by atoms with Crippen LogP contribution in [0.3, 0.4) is 0 Å². The number of carbonyl (C=O) groups excluding carboxylic acids is 1. The maximum atomic E-state index is 11.3. The highest BCUT2D eigenvalue weighted by Crippen LogP contribution is 2.26. The maximum absolute atomic E-state index is 11.3. The lowest BCUT2D eigenvalue weighted by Crippen LogP contribution is -2.04. The zero-order valence-electron chi connectivity index (χ0n) is 7.79. The number of nitro benzene ring substituents is 1. The summed E-state index contributed by atoms with van der Waals surface area (Å²) in [7, 11) is 0. The Morgan fingerprint density at radius 2 is 2.20 bits per heavy atom. The number of nitro groups is 1. The lowest BCUT2D eigenvalue weighted by Gasteiger charge is -2.03. The molecular formula is C9H7ClINO3. The maximum Gasteiger partial charge on any atom is 0.285 e. The van der Waals surface area contributed by atoms with Crippen LogP contribution in [0.2, 0.25) is 0 Å². The fraction of sp³-hybridized carbons (Fsp3) is 0.222. The molecule has 0 atom stereocenters. The van der Waals surface area contributed by atoms with Crippen molar-refractivity contribution < 1.29 is 9.72 Å². The van der Waals surface area contributed by atoms with Crippen LogP contribution in [0.15, 0.2) is 12.1 Å². The second-order valence-electron chi connectivity index (χ2n) is 2.94. The van der Waals surface area contributed by atoms with Gasteiger partial charge in [0.2, 0.25) is 0 Å². The monoisotopic (exact) mass is 339 g/mol. The van der Waals surface area contributed by atoms with E-state index in [9.17, 15) is 14.9 Å². The molecule has 0 N–H and O–H groups in total. The lowest BCUT2D eigenvalue weighted by molar-refractivity contribution is -0.386. The van der Waals surface area contributed by atoms with Crippen molar-refractivity contribution in [3.05, 3.63) is 36.9 Å². The van der Waals surface area contributed by atoms with Gasteiger partial charge in [-0.1, -0.05) is 0 Å². The Morgan fingerprint density at radius 1 is 1.60 bits per heavy atom. The van der Waals surface area contributed by atoms with E-state index in [1.807, 2.05) is 22.6 Å². The predicted octanol–water partition coefficient (Wildman–Crippen LogP) is 2.93. The Balaban J connectivity index is 3.31. The van der Waals surface area contributed by atoms with Crippen molar-refractivity contribution in [2.24, 2.45) is 0 Å². The molecule has 0 fully saturated rings. The number of aryl methyl sites for hydroxylation is 1. The molecule has 0 spiro atoms. The van der Waals surface area contributed by atoms with Crippen LogP contribution in [0, 0.1) is 20.6 Å². The van der Waals surface area contributed by atoms with E-state index in [-0.39, 0.29) is 17.4 Å². The van der Waals surface area contributed by atoms with E-state index >= 15 is 0 Å². The van der Waals surface area contributed by atoms with Crippen molar-refractivity contribution >= 4 is 45.7 Å². The molecule has 15 heavy (non-hydrogen) atoms. The summed E-state index contributed by atoms with van der Waals surface area (Å²) in [5.41, 5.74) is 0.930. The second kappa shape index (κ2) is 4.89. The summed E-state index contributed by atoms with van der Waals surface area (Å²) in [4.78, 5) is 21.5. The molecule has 6 heteroatoms. The molecule has 0 saturated heterocycles. The molecule has 0 aliphatic rings. The van der Waals surface area contributed by atoms with Gasteiger partial charge in [-0.05, 0) is 41.6 Å². The molecule has 80 valence electrons. The molecule has 0 bridgehead atoms. The highest BCUT2D eigenvalue weighted by molar-refractivity contribution is 14.1. The SMILES string of the molecule is Cc1cc(C(=O)CCl)cc(I)c1[N+](=O)[O-]. The van der Waals surface area contributed by atoms with Gasteiger partial charge in [0.15, 0.2) is 5.78 Å². The van der Waals surface area contributed by atoms with Crippen LogP contribution in [-0.4, -0.2) is 16.6 Å². The highest BCUT2D eigenvalue weighted by Gasteiger charge is 2.18. The third-order valence-electron chi connectivity index (χ3n) is 1.88. The lowest BCUT2D eigenvalue weighted by atomic mass is 10.1. The van der Waals surface area contributed by atoms with E-state index in [4.69, 9.17) is 11.6 Å². The predicted molar refractivity (Wildman–Crippen MR) is 65.6 cm³/mol. The number of alkyl halides is 1. The molecule has 0 heterocycles. The van der Waals surface area contributed by atoms with Gasteiger partial charge in [-0.25, -0.2) is 0 Å². The number of hydrogen-bond acceptors (Lipinski definition) is 3. The third-order valence-corrected chi connectivity index (χ3v) is 2.94. The highest BCUT2D eigenvalue weighted by atomic mass is 127. The van der Waals surface area contributed by atoms with E-state index in [1.54, 1.807) is 6.92 Å². The van der Waals surface area contributed by atoms with Gasteiger partial charge >= 0.3 is 0 Å². The van der Waals surface area contributed by atoms with Gasteiger partial charge in [0.05, 0.1) is 14.4 Å². The first-order valence-corrected chi connectivity index (χ1v) is 5.62. The van der Waals surface area contributed by atoms with Gasteiger partial charge in [0, 0.05) is 11.1 Å². The van der Waals surface area contributed by atoms with E-state index in [0.717, 1.165) is 0 Å². The van der Waals surface area contributed by atoms with Gasteiger partial charge in [0.1, 0.15) is 0 Å². The van der Waals surface area contributed by atoms with Crippen molar-refractivity contribution in [2.45, 2.75) is 6.92 Å². The van der Waals surface area contributed by atoms with Gasteiger partial charge in [-0.3, -0.25) is 14.9 Å². The molecule has 1 aromatic rings. The van der Waals surface area contributed by atoms with Crippen molar-refractivity contribution in [3.63, 3.8) is 0 Å². The first kappa shape index (κ1) is 12.4. The van der Waals surface area contributed by atoms with Crippen LogP contribution >= 0.6 is 34.2 Å². The number of carbonyl (C=O) groups is 1. The van der Waals surface area contributed by atoms with Crippen LogP contribution in [0.5, 0.6) is 0 Å². The number of Topliss-reactive ketones (excluding diaryl/α,β-unsaturated/α-hetero) is 1. The zero-order chi connectivity index (χ0) is 11.6. The van der Waals surface area contributed by atoms with Crippen molar-refractivity contribution in [2.75, 3.05) is 5.88 Å². The summed E-state index contributed by atoms with van der Waals surface area (Å²) >= 11 is 7.25. The average molecular weight is 340 g/mol. The number of halogens is 2. The van der Waals surface area contributed by atoms with Crippen LogP contribution in [-0.2, 0) is 0 Å². The normalized spacial score (nSPS) is 10.1. The third kappa shape index (κ3) is 2.66. The molecule has 0 radical (unpaired) electrons. The smallest absolute Gasteiger partial charge is 0.285 e. The Labute approximate surface area is 105 Å². The first-order valence-electron chi connectivity index (χ1n) is 4.01. The zero-order valence-corrected chi connectivity index (χ0v) is 10.7. The Bertz CT molecular complexity index is 410.